The summed E-state index contributed by atoms with van der Waals surface area (Å²) >= 11 is 7.63. The van der Waals surface area contributed by atoms with Crippen LogP contribution >= 0.6 is 28.6 Å². The third kappa shape index (κ3) is 2.01. The lowest BCUT2D eigenvalue weighted by Gasteiger charge is -2.10. The van der Waals surface area contributed by atoms with Crippen molar-refractivity contribution in [2.24, 2.45) is 5.92 Å². The number of aromatic nitrogens is 3. The fourth-order valence-electron chi connectivity index (χ4n) is 2.06. The highest BCUT2D eigenvalue weighted by molar-refractivity contribution is 9.10. The fraction of sp³-hybridized carbons (Fsp3) is 0.364. The number of hydrogen-bond acceptors (Lipinski definition) is 4. The predicted molar refractivity (Wildman–Crippen MR) is 75.0 cm³/mol. The first kappa shape index (κ1) is 12.0. The van der Waals surface area contributed by atoms with Crippen molar-refractivity contribution in [1.29, 1.82) is 0 Å². The molecule has 0 bridgehead atoms. The summed E-state index contributed by atoms with van der Waals surface area (Å²) in [5.41, 5.74) is 0.724. The van der Waals surface area contributed by atoms with Crippen LogP contribution in [0.25, 0.3) is 5.65 Å². The maximum Gasteiger partial charge on any atom is 0.252 e. The summed E-state index contributed by atoms with van der Waals surface area (Å²) in [6, 6.07) is 3.75. The number of anilines is 1. The van der Waals surface area contributed by atoms with Crippen LogP contribution in [0.1, 0.15) is 6.42 Å². The van der Waals surface area contributed by atoms with Gasteiger partial charge in [0.2, 0.25) is 5.91 Å². The van der Waals surface area contributed by atoms with Gasteiger partial charge in [-0.3, -0.25) is 9.69 Å². The molecule has 1 aliphatic rings. The number of hydrogen-bond donors (Lipinski definition) is 1. The standard InChI is InChI=1S/C11H11BrN4OS/c12-8-1-2-16-9(4-8)13-11(14-16)15-5-7(6-18)3-10(15)17/h1-2,4,7,18H,3,5-6H2. The molecule has 94 valence electrons. The molecule has 1 fully saturated rings. The van der Waals surface area contributed by atoms with Crippen molar-refractivity contribution in [2.75, 3.05) is 17.2 Å². The molecule has 18 heavy (non-hydrogen) atoms. The summed E-state index contributed by atoms with van der Waals surface area (Å²) in [5.74, 6) is 1.55. The van der Waals surface area contributed by atoms with Crippen molar-refractivity contribution in [1.82, 2.24) is 14.6 Å². The largest absolute Gasteiger partial charge is 0.279 e. The smallest absolute Gasteiger partial charge is 0.252 e. The lowest BCUT2D eigenvalue weighted by Crippen LogP contribution is -2.25. The number of carbonyl (C=O) groups excluding carboxylic acids is 1. The SMILES string of the molecule is O=C1CC(CS)CN1c1nc2cc(Br)ccn2n1. The van der Waals surface area contributed by atoms with Gasteiger partial charge in [-0.05, 0) is 23.8 Å². The fourth-order valence-corrected chi connectivity index (χ4v) is 2.62. The van der Waals surface area contributed by atoms with Gasteiger partial charge in [0, 0.05) is 23.6 Å². The van der Waals surface area contributed by atoms with Crippen molar-refractivity contribution in [3.8, 4) is 0 Å². The summed E-state index contributed by atoms with van der Waals surface area (Å²) in [6.45, 7) is 0.653. The number of carbonyl (C=O) groups is 1. The summed E-state index contributed by atoms with van der Waals surface area (Å²) < 4.78 is 2.61. The van der Waals surface area contributed by atoms with Gasteiger partial charge in [-0.15, -0.1) is 5.10 Å². The van der Waals surface area contributed by atoms with Crippen LogP contribution in [0.4, 0.5) is 5.95 Å². The minimum absolute atomic E-state index is 0.0732. The zero-order valence-electron chi connectivity index (χ0n) is 9.45. The molecule has 1 unspecified atom stereocenters. The van der Waals surface area contributed by atoms with Crippen LogP contribution in [0.3, 0.4) is 0 Å². The molecule has 3 rings (SSSR count). The van der Waals surface area contributed by atoms with E-state index < -0.39 is 0 Å². The Morgan fingerprint density at radius 1 is 1.56 bits per heavy atom. The maximum atomic E-state index is 11.9. The van der Waals surface area contributed by atoms with Crippen LogP contribution in [-0.4, -0.2) is 32.8 Å². The Morgan fingerprint density at radius 3 is 3.11 bits per heavy atom. The third-order valence-corrected chi connectivity index (χ3v) is 4.00. The lowest BCUT2D eigenvalue weighted by atomic mass is 10.1. The van der Waals surface area contributed by atoms with Crippen molar-refractivity contribution in [3.05, 3.63) is 22.8 Å². The number of rotatable bonds is 2. The molecule has 1 aliphatic heterocycles. The molecule has 3 heterocycles. The number of nitrogens with zero attached hydrogens (tertiary/aromatic N) is 4. The van der Waals surface area contributed by atoms with E-state index in [0.717, 1.165) is 10.1 Å². The van der Waals surface area contributed by atoms with Crippen molar-refractivity contribution >= 4 is 46.1 Å². The summed E-state index contributed by atoms with van der Waals surface area (Å²) in [5, 5.41) is 4.32. The van der Waals surface area contributed by atoms with Gasteiger partial charge in [0.1, 0.15) is 0 Å². The van der Waals surface area contributed by atoms with E-state index in [0.29, 0.717) is 30.6 Å². The van der Waals surface area contributed by atoms with E-state index in [1.807, 2.05) is 18.3 Å². The summed E-state index contributed by atoms with van der Waals surface area (Å²) in [6.07, 6.45) is 2.34. The molecule has 0 spiro atoms. The minimum atomic E-state index is 0.0732. The van der Waals surface area contributed by atoms with Crippen molar-refractivity contribution in [2.45, 2.75) is 6.42 Å². The van der Waals surface area contributed by atoms with Gasteiger partial charge < -0.3 is 0 Å². The van der Waals surface area contributed by atoms with E-state index in [-0.39, 0.29) is 5.91 Å². The van der Waals surface area contributed by atoms with E-state index in [1.165, 1.54) is 0 Å². The molecule has 0 aliphatic carbocycles. The molecular weight excluding hydrogens is 316 g/mol. The van der Waals surface area contributed by atoms with E-state index in [2.05, 4.69) is 38.6 Å². The second kappa shape index (κ2) is 4.55. The van der Waals surface area contributed by atoms with Gasteiger partial charge in [0.25, 0.3) is 5.95 Å². The Morgan fingerprint density at radius 2 is 2.39 bits per heavy atom. The molecule has 1 saturated heterocycles. The first-order valence-electron chi connectivity index (χ1n) is 5.60. The molecule has 2 aromatic rings. The molecule has 1 amide bonds. The van der Waals surface area contributed by atoms with Crippen LogP contribution < -0.4 is 4.90 Å². The molecule has 0 radical (unpaired) electrons. The average molecular weight is 327 g/mol. The van der Waals surface area contributed by atoms with Gasteiger partial charge in [0.05, 0.1) is 0 Å². The molecule has 1 atom stereocenters. The van der Waals surface area contributed by atoms with Gasteiger partial charge in [-0.25, -0.2) is 4.52 Å². The van der Waals surface area contributed by atoms with E-state index in [1.54, 1.807) is 9.42 Å². The zero-order valence-corrected chi connectivity index (χ0v) is 11.9. The Bertz CT molecular complexity index is 614. The van der Waals surface area contributed by atoms with Gasteiger partial charge in [-0.2, -0.15) is 17.6 Å². The monoisotopic (exact) mass is 326 g/mol. The molecule has 2 aromatic heterocycles. The van der Waals surface area contributed by atoms with E-state index in [9.17, 15) is 4.79 Å². The quantitative estimate of drug-likeness (QED) is 0.856. The highest BCUT2D eigenvalue weighted by atomic mass is 79.9. The Labute approximate surface area is 118 Å². The average Bonchev–Trinajstić information content (AvgIpc) is 2.91. The number of thiol groups is 1. The van der Waals surface area contributed by atoms with Crippen LogP contribution in [0, 0.1) is 5.92 Å². The molecule has 5 nitrogen and oxygen atoms in total. The first-order chi connectivity index (χ1) is 8.67. The van der Waals surface area contributed by atoms with E-state index in [4.69, 9.17) is 0 Å². The van der Waals surface area contributed by atoms with Crippen molar-refractivity contribution in [3.63, 3.8) is 0 Å². The second-order valence-corrected chi connectivity index (χ2v) is 5.60. The zero-order chi connectivity index (χ0) is 12.7. The number of halogens is 1. The first-order valence-corrected chi connectivity index (χ1v) is 7.03. The molecule has 0 aromatic carbocycles. The molecular formula is C11H11BrN4OS. The number of fused-ring (bicyclic) bond motifs is 1. The second-order valence-electron chi connectivity index (χ2n) is 4.32. The van der Waals surface area contributed by atoms with Crippen LogP contribution in [0.5, 0.6) is 0 Å². The Kier molecular flexibility index (Phi) is 3.03. The van der Waals surface area contributed by atoms with Gasteiger partial charge >= 0.3 is 0 Å². The topological polar surface area (TPSA) is 50.5 Å². The van der Waals surface area contributed by atoms with Gasteiger partial charge in [0.15, 0.2) is 5.65 Å². The third-order valence-electron chi connectivity index (χ3n) is 2.99. The van der Waals surface area contributed by atoms with Gasteiger partial charge in [-0.1, -0.05) is 15.9 Å². The van der Waals surface area contributed by atoms with Crippen molar-refractivity contribution < 1.29 is 4.79 Å². The molecule has 0 N–H and O–H groups in total. The minimum Gasteiger partial charge on any atom is -0.279 e. The van der Waals surface area contributed by atoms with Crippen LogP contribution in [-0.2, 0) is 4.79 Å². The Hall–Kier alpha value is -1.08. The summed E-state index contributed by atoms with van der Waals surface area (Å²) in [4.78, 5) is 17.9. The lowest BCUT2D eigenvalue weighted by molar-refractivity contribution is -0.117. The number of amides is 1. The summed E-state index contributed by atoms with van der Waals surface area (Å²) in [7, 11) is 0. The van der Waals surface area contributed by atoms with E-state index >= 15 is 0 Å². The van der Waals surface area contributed by atoms with Crippen LogP contribution in [0.15, 0.2) is 22.8 Å². The normalized spacial score (nSPS) is 20.0. The highest BCUT2D eigenvalue weighted by Gasteiger charge is 2.32. The van der Waals surface area contributed by atoms with Crippen LogP contribution in [0.2, 0.25) is 0 Å². The molecule has 7 heteroatoms. The molecule has 0 saturated carbocycles. The Balaban J connectivity index is 1.97. The predicted octanol–water partition coefficient (Wildman–Crippen LogP) is 1.77. The highest BCUT2D eigenvalue weighted by Crippen LogP contribution is 2.24. The maximum absolute atomic E-state index is 11.9. The number of pyridine rings is 1.